The molecule has 0 saturated heterocycles. The molecule has 0 aliphatic heterocycles. The number of carbonyl (C=O) groups is 1. The molecule has 1 atom stereocenters. The normalized spacial score (nSPS) is 16.3. The van der Waals surface area contributed by atoms with Gasteiger partial charge in [0.2, 0.25) is 0 Å². The van der Waals surface area contributed by atoms with Gasteiger partial charge in [0.15, 0.2) is 0 Å². The Kier molecular flexibility index (Phi) is 2.84. The first-order chi connectivity index (χ1) is 4.04. The summed E-state index contributed by atoms with van der Waals surface area (Å²) in [7, 11) is -1.76. The summed E-state index contributed by atoms with van der Waals surface area (Å²) in [6.45, 7) is 0. The molecule has 1 amide bonds. The Morgan fingerprint density at radius 2 is 2.22 bits per heavy atom. The highest BCUT2D eigenvalue weighted by atomic mass is 31.2. The maximum absolute atomic E-state index is 10.4. The lowest BCUT2D eigenvalue weighted by molar-refractivity contribution is 0.244. The first kappa shape index (κ1) is 8.62. The maximum atomic E-state index is 10.4. The van der Waals surface area contributed by atoms with Crippen LogP contribution in [0.25, 0.3) is 0 Å². The highest BCUT2D eigenvalue weighted by molar-refractivity contribution is 7.70. The standard InChI is InChI=1S/C3H8NO4P/c1-4-3(5)9(6,7)8-2/h1-2H3,(H,4,5)(H,6,7). The molecule has 0 spiro atoms. The van der Waals surface area contributed by atoms with E-state index >= 15 is 0 Å². The zero-order chi connectivity index (χ0) is 7.49. The summed E-state index contributed by atoms with van der Waals surface area (Å²) in [6, 6.07) is 0. The Bertz CT molecular complexity index is 156. The van der Waals surface area contributed by atoms with Gasteiger partial charge in [-0.3, -0.25) is 4.79 Å². The number of rotatable bonds is 2. The van der Waals surface area contributed by atoms with Gasteiger partial charge in [0, 0.05) is 14.2 Å². The molecule has 9 heavy (non-hydrogen) atoms. The van der Waals surface area contributed by atoms with Crippen molar-refractivity contribution >= 4 is 13.2 Å². The fourth-order valence-electron chi connectivity index (χ4n) is 0.224. The van der Waals surface area contributed by atoms with Gasteiger partial charge >= 0.3 is 13.2 Å². The second-order valence-corrected chi connectivity index (χ2v) is 3.07. The molecule has 0 heterocycles. The highest BCUT2D eigenvalue weighted by Crippen LogP contribution is 2.40. The van der Waals surface area contributed by atoms with Crippen molar-refractivity contribution in [2.24, 2.45) is 0 Å². The average molecular weight is 153 g/mol. The van der Waals surface area contributed by atoms with Gasteiger partial charge < -0.3 is 14.7 Å². The van der Waals surface area contributed by atoms with E-state index in [1.54, 1.807) is 0 Å². The summed E-state index contributed by atoms with van der Waals surface area (Å²) in [4.78, 5) is 18.8. The lowest BCUT2D eigenvalue weighted by Gasteiger charge is -2.04. The molecule has 5 nitrogen and oxygen atoms in total. The highest BCUT2D eigenvalue weighted by Gasteiger charge is 2.27. The topological polar surface area (TPSA) is 75.6 Å². The van der Waals surface area contributed by atoms with E-state index in [1.807, 2.05) is 5.32 Å². The molecule has 0 fully saturated rings. The summed E-state index contributed by atoms with van der Waals surface area (Å²) >= 11 is 0. The van der Waals surface area contributed by atoms with Gasteiger partial charge in [0.25, 0.3) is 0 Å². The van der Waals surface area contributed by atoms with Crippen LogP contribution in [-0.4, -0.2) is 24.7 Å². The third-order valence-corrected chi connectivity index (χ3v) is 1.95. The number of hydrogen-bond donors (Lipinski definition) is 2. The van der Waals surface area contributed by atoms with Gasteiger partial charge in [-0.25, -0.2) is 4.57 Å². The first-order valence-corrected chi connectivity index (χ1v) is 3.73. The van der Waals surface area contributed by atoms with Crippen molar-refractivity contribution in [2.45, 2.75) is 0 Å². The molecule has 0 aliphatic rings. The van der Waals surface area contributed by atoms with Crippen LogP contribution in [0.1, 0.15) is 0 Å². The predicted molar refractivity (Wildman–Crippen MR) is 31.3 cm³/mol. The molecule has 2 N–H and O–H groups in total. The van der Waals surface area contributed by atoms with E-state index in [0.717, 1.165) is 7.11 Å². The van der Waals surface area contributed by atoms with Crippen LogP contribution in [-0.2, 0) is 9.09 Å². The van der Waals surface area contributed by atoms with E-state index < -0.39 is 13.2 Å². The van der Waals surface area contributed by atoms with E-state index in [9.17, 15) is 9.36 Å². The molecule has 0 aliphatic carbocycles. The summed E-state index contributed by atoms with van der Waals surface area (Å²) in [5.41, 5.74) is -0.995. The molecule has 1 unspecified atom stereocenters. The molecule has 54 valence electrons. The van der Waals surface area contributed by atoms with Gasteiger partial charge in [-0.05, 0) is 0 Å². The van der Waals surface area contributed by atoms with Crippen LogP contribution in [0.15, 0.2) is 0 Å². The van der Waals surface area contributed by atoms with E-state index in [-0.39, 0.29) is 0 Å². The zero-order valence-electron chi connectivity index (χ0n) is 5.12. The maximum Gasteiger partial charge on any atom is 0.415 e. The predicted octanol–water partition coefficient (Wildman–Crippen LogP) is 0.158. The SMILES string of the molecule is CNC(=O)P(=O)(O)OC. The molecule has 0 saturated carbocycles. The fourth-order valence-corrected chi connectivity index (χ4v) is 0.673. The quantitative estimate of drug-likeness (QED) is 0.554. The Morgan fingerprint density at radius 1 is 1.78 bits per heavy atom. The lowest BCUT2D eigenvalue weighted by Crippen LogP contribution is -2.16. The van der Waals surface area contributed by atoms with Crippen molar-refractivity contribution < 1.29 is 18.8 Å². The van der Waals surface area contributed by atoms with Crippen molar-refractivity contribution in [3.8, 4) is 0 Å². The van der Waals surface area contributed by atoms with Crippen LogP contribution < -0.4 is 5.32 Å². The summed E-state index contributed by atoms with van der Waals surface area (Å²) in [6.07, 6.45) is 0. The van der Waals surface area contributed by atoms with Crippen molar-refractivity contribution in [2.75, 3.05) is 14.2 Å². The number of carbonyl (C=O) groups excluding carboxylic acids is 1. The van der Waals surface area contributed by atoms with Crippen LogP contribution >= 0.6 is 7.60 Å². The Morgan fingerprint density at radius 3 is 2.33 bits per heavy atom. The molecule has 0 aromatic carbocycles. The summed E-state index contributed by atoms with van der Waals surface area (Å²) in [5, 5.41) is 1.98. The van der Waals surface area contributed by atoms with E-state index in [1.165, 1.54) is 7.05 Å². The first-order valence-electron chi connectivity index (χ1n) is 2.15. The van der Waals surface area contributed by atoms with E-state index in [2.05, 4.69) is 4.52 Å². The summed E-state index contributed by atoms with van der Waals surface area (Å²) < 4.78 is 14.4. The van der Waals surface area contributed by atoms with Crippen LogP contribution in [0, 0.1) is 0 Å². The molecule has 0 bridgehead atoms. The Hall–Kier alpha value is -0.380. The largest absolute Gasteiger partial charge is 0.415 e. The molecule has 6 heteroatoms. The fraction of sp³-hybridized carbons (Fsp3) is 0.667. The van der Waals surface area contributed by atoms with Crippen molar-refractivity contribution in [3.05, 3.63) is 0 Å². The molecule has 0 rings (SSSR count). The minimum atomic E-state index is -4.01. The van der Waals surface area contributed by atoms with Crippen molar-refractivity contribution in [3.63, 3.8) is 0 Å². The van der Waals surface area contributed by atoms with E-state index in [0.29, 0.717) is 0 Å². The molecule has 0 aromatic heterocycles. The van der Waals surface area contributed by atoms with E-state index in [4.69, 9.17) is 4.89 Å². The zero-order valence-corrected chi connectivity index (χ0v) is 6.01. The number of hydrogen-bond acceptors (Lipinski definition) is 3. The smallest absolute Gasteiger partial charge is 0.349 e. The second-order valence-electron chi connectivity index (χ2n) is 1.26. The summed E-state index contributed by atoms with van der Waals surface area (Å²) in [5.74, 6) is 0. The van der Waals surface area contributed by atoms with Crippen molar-refractivity contribution in [1.82, 2.24) is 5.32 Å². The van der Waals surface area contributed by atoms with Gasteiger partial charge in [-0.2, -0.15) is 0 Å². The Balaban J connectivity index is 4.16. The number of amides is 1. The molecular formula is C3H8NO4P. The molecule has 0 radical (unpaired) electrons. The third kappa shape index (κ3) is 2.13. The minimum Gasteiger partial charge on any atom is -0.349 e. The number of nitrogens with one attached hydrogen (secondary N) is 1. The molecular weight excluding hydrogens is 145 g/mol. The van der Waals surface area contributed by atoms with Crippen LogP contribution in [0.4, 0.5) is 4.79 Å². The van der Waals surface area contributed by atoms with Gasteiger partial charge in [-0.1, -0.05) is 0 Å². The van der Waals surface area contributed by atoms with Gasteiger partial charge in [0.1, 0.15) is 0 Å². The van der Waals surface area contributed by atoms with Crippen LogP contribution in [0.3, 0.4) is 0 Å². The lowest BCUT2D eigenvalue weighted by atomic mass is 11.2. The molecule has 0 aromatic rings. The van der Waals surface area contributed by atoms with Gasteiger partial charge in [-0.15, -0.1) is 0 Å². The Labute approximate surface area is 52.6 Å². The van der Waals surface area contributed by atoms with Crippen LogP contribution in [0.5, 0.6) is 0 Å². The third-order valence-electron chi connectivity index (χ3n) is 0.718. The van der Waals surface area contributed by atoms with Gasteiger partial charge in [0.05, 0.1) is 0 Å². The van der Waals surface area contributed by atoms with Crippen LogP contribution in [0.2, 0.25) is 0 Å². The average Bonchev–Trinajstić information content (AvgIpc) is 1.86. The monoisotopic (exact) mass is 153 g/mol. The van der Waals surface area contributed by atoms with Crippen molar-refractivity contribution in [1.29, 1.82) is 0 Å². The second kappa shape index (κ2) is 2.96. The minimum absolute atomic E-state index is 0.995.